The first-order valence-electron chi connectivity index (χ1n) is 8.04. The maximum Gasteiger partial charge on any atom is 0.418 e. The average molecular weight is 398 g/mol. The van der Waals surface area contributed by atoms with Crippen molar-refractivity contribution in [3.05, 3.63) is 59.1 Å². The fourth-order valence-corrected chi connectivity index (χ4v) is 3.00. The zero-order valence-corrected chi connectivity index (χ0v) is 14.7. The van der Waals surface area contributed by atoms with Crippen LogP contribution in [0.1, 0.15) is 5.56 Å². The van der Waals surface area contributed by atoms with Crippen molar-refractivity contribution in [2.45, 2.75) is 6.18 Å². The zero-order chi connectivity index (χ0) is 19.6. The summed E-state index contributed by atoms with van der Waals surface area (Å²) in [6.07, 6.45) is -4.59. The molecule has 1 aliphatic heterocycles. The number of halogens is 4. The van der Waals surface area contributed by atoms with Gasteiger partial charge in [-0.15, -0.1) is 0 Å². The van der Waals surface area contributed by atoms with E-state index >= 15 is 0 Å². The Morgan fingerprint density at radius 2 is 1.85 bits per heavy atom. The molecular formula is C18H15ClF3N3O2. The van der Waals surface area contributed by atoms with Crippen LogP contribution in [0.25, 0.3) is 0 Å². The molecule has 0 bridgehead atoms. The number of hydrogen-bond donors (Lipinski definition) is 1. The van der Waals surface area contributed by atoms with Gasteiger partial charge in [-0.25, -0.2) is 4.79 Å². The van der Waals surface area contributed by atoms with Crippen LogP contribution in [-0.4, -0.2) is 36.5 Å². The number of benzene rings is 2. The lowest BCUT2D eigenvalue weighted by molar-refractivity contribution is -0.137. The molecule has 9 heteroatoms. The molecule has 1 aliphatic rings. The molecule has 0 spiro atoms. The lowest BCUT2D eigenvalue weighted by Crippen LogP contribution is -2.37. The molecule has 0 saturated carbocycles. The molecule has 3 amide bonds. The first kappa shape index (κ1) is 19.0. The van der Waals surface area contributed by atoms with E-state index in [9.17, 15) is 22.8 Å². The van der Waals surface area contributed by atoms with Gasteiger partial charge in [-0.2, -0.15) is 13.2 Å². The third kappa shape index (κ3) is 4.33. The van der Waals surface area contributed by atoms with Gasteiger partial charge in [0.1, 0.15) is 6.54 Å². The van der Waals surface area contributed by atoms with Crippen molar-refractivity contribution < 1.29 is 22.8 Å². The Morgan fingerprint density at radius 3 is 2.56 bits per heavy atom. The van der Waals surface area contributed by atoms with Crippen molar-refractivity contribution in [1.29, 1.82) is 0 Å². The zero-order valence-electron chi connectivity index (χ0n) is 14.0. The quantitative estimate of drug-likeness (QED) is 0.839. The summed E-state index contributed by atoms with van der Waals surface area (Å²) < 4.78 is 39.0. The lowest BCUT2D eigenvalue weighted by atomic mass is 10.1. The lowest BCUT2D eigenvalue weighted by Gasteiger charge is -2.19. The van der Waals surface area contributed by atoms with E-state index in [1.54, 1.807) is 24.3 Å². The van der Waals surface area contributed by atoms with Crippen LogP contribution >= 0.6 is 11.6 Å². The van der Waals surface area contributed by atoms with Crippen molar-refractivity contribution >= 4 is 34.9 Å². The van der Waals surface area contributed by atoms with Crippen molar-refractivity contribution in [2.24, 2.45) is 0 Å². The number of hydrogen-bond acceptors (Lipinski definition) is 2. The Bertz CT molecular complexity index is 873. The third-order valence-electron chi connectivity index (χ3n) is 4.06. The second kappa shape index (κ2) is 7.48. The van der Waals surface area contributed by atoms with E-state index in [0.29, 0.717) is 17.3 Å². The Kier molecular flexibility index (Phi) is 5.27. The van der Waals surface area contributed by atoms with Crippen molar-refractivity contribution in [2.75, 3.05) is 29.9 Å². The summed E-state index contributed by atoms with van der Waals surface area (Å²) >= 11 is 5.93. The van der Waals surface area contributed by atoms with Gasteiger partial charge >= 0.3 is 12.2 Å². The maximum atomic E-state index is 13.0. The van der Waals surface area contributed by atoms with Crippen LogP contribution in [0.5, 0.6) is 0 Å². The topological polar surface area (TPSA) is 52.7 Å². The van der Waals surface area contributed by atoms with Crippen LogP contribution in [0.2, 0.25) is 5.02 Å². The molecule has 2 aromatic rings. The highest BCUT2D eigenvalue weighted by Gasteiger charge is 2.34. The Hall–Kier alpha value is -2.74. The number of rotatable bonds is 4. The van der Waals surface area contributed by atoms with Crippen LogP contribution in [0.4, 0.5) is 29.3 Å². The molecule has 1 saturated heterocycles. The minimum absolute atomic E-state index is 0.277. The summed E-state index contributed by atoms with van der Waals surface area (Å²) in [4.78, 5) is 27.4. The monoisotopic (exact) mass is 397 g/mol. The first-order valence-corrected chi connectivity index (χ1v) is 8.41. The van der Waals surface area contributed by atoms with Gasteiger partial charge in [0.2, 0.25) is 5.91 Å². The average Bonchev–Trinajstić information content (AvgIpc) is 2.95. The number of carbonyl (C=O) groups is 2. The number of nitrogens with zero attached hydrogens (tertiary/aromatic N) is 2. The highest BCUT2D eigenvalue weighted by Crippen LogP contribution is 2.34. The first-order chi connectivity index (χ1) is 12.8. The minimum Gasteiger partial charge on any atom is -0.324 e. The van der Waals surface area contributed by atoms with E-state index in [1.807, 2.05) is 0 Å². The second-order valence-corrected chi connectivity index (χ2v) is 6.36. The summed E-state index contributed by atoms with van der Waals surface area (Å²) in [6, 6.07) is 11.0. The van der Waals surface area contributed by atoms with Crippen LogP contribution in [0.3, 0.4) is 0 Å². The predicted molar refractivity (Wildman–Crippen MR) is 95.8 cm³/mol. The molecule has 27 heavy (non-hydrogen) atoms. The van der Waals surface area contributed by atoms with Crippen molar-refractivity contribution in [3.8, 4) is 0 Å². The van der Waals surface area contributed by atoms with Gasteiger partial charge in [-0.3, -0.25) is 9.69 Å². The molecule has 0 radical (unpaired) electrons. The van der Waals surface area contributed by atoms with E-state index in [1.165, 1.54) is 28.0 Å². The Morgan fingerprint density at radius 1 is 1.11 bits per heavy atom. The molecule has 0 unspecified atom stereocenters. The fourth-order valence-electron chi connectivity index (χ4n) is 2.82. The van der Waals surface area contributed by atoms with Gasteiger partial charge < -0.3 is 10.2 Å². The van der Waals surface area contributed by atoms with E-state index in [0.717, 1.165) is 6.07 Å². The van der Waals surface area contributed by atoms with Crippen LogP contribution in [0.15, 0.2) is 48.5 Å². The molecular weight excluding hydrogens is 383 g/mol. The Labute approximate surface area is 158 Å². The number of amides is 3. The molecule has 3 rings (SSSR count). The molecule has 1 heterocycles. The number of anilines is 2. The van der Waals surface area contributed by atoms with E-state index < -0.39 is 23.7 Å². The molecule has 2 aromatic carbocycles. The summed E-state index contributed by atoms with van der Waals surface area (Å²) in [6.45, 7) is 0.285. The number of urea groups is 1. The van der Waals surface area contributed by atoms with Crippen LogP contribution in [-0.2, 0) is 11.0 Å². The number of alkyl halides is 3. The maximum absolute atomic E-state index is 13.0. The summed E-state index contributed by atoms with van der Waals surface area (Å²) in [5.74, 6) is -0.701. The smallest absolute Gasteiger partial charge is 0.324 e. The number of para-hydroxylation sites is 1. The fraction of sp³-hybridized carbons (Fsp3) is 0.222. The van der Waals surface area contributed by atoms with E-state index in [2.05, 4.69) is 5.32 Å². The van der Waals surface area contributed by atoms with Gasteiger partial charge in [-0.05, 0) is 30.3 Å². The van der Waals surface area contributed by atoms with Gasteiger partial charge in [0.15, 0.2) is 0 Å². The van der Waals surface area contributed by atoms with Crippen molar-refractivity contribution in [3.63, 3.8) is 0 Å². The number of nitrogens with one attached hydrogen (secondary N) is 1. The molecule has 5 nitrogen and oxygen atoms in total. The number of carbonyl (C=O) groups excluding carboxylic acids is 2. The van der Waals surface area contributed by atoms with Gasteiger partial charge in [0.25, 0.3) is 0 Å². The Balaban J connectivity index is 1.67. The molecule has 1 N–H and O–H groups in total. The van der Waals surface area contributed by atoms with Crippen LogP contribution in [0, 0.1) is 0 Å². The predicted octanol–water partition coefficient (Wildman–Crippen LogP) is 4.24. The summed E-state index contributed by atoms with van der Waals surface area (Å²) in [5, 5.41) is 2.71. The van der Waals surface area contributed by atoms with Gasteiger partial charge in [0.05, 0.1) is 11.3 Å². The molecule has 142 valence electrons. The minimum atomic E-state index is -4.59. The summed E-state index contributed by atoms with van der Waals surface area (Å²) in [5.41, 5.74) is -0.683. The standard InChI is InChI=1S/C18H15ClF3N3O2/c19-12-4-3-5-13(10-12)25-9-8-24(17(25)27)11-16(26)23-15-7-2-1-6-14(15)18(20,21)22/h1-7,10H,8-9,11H2,(H,23,26). The third-order valence-corrected chi connectivity index (χ3v) is 4.29. The molecule has 0 atom stereocenters. The normalized spacial score (nSPS) is 14.6. The van der Waals surface area contributed by atoms with Crippen molar-refractivity contribution in [1.82, 2.24) is 4.90 Å². The van der Waals surface area contributed by atoms with E-state index in [4.69, 9.17) is 11.6 Å². The summed E-state index contributed by atoms with van der Waals surface area (Å²) in [7, 11) is 0. The van der Waals surface area contributed by atoms with Gasteiger partial charge in [-0.1, -0.05) is 29.8 Å². The largest absolute Gasteiger partial charge is 0.418 e. The molecule has 0 aromatic heterocycles. The second-order valence-electron chi connectivity index (χ2n) is 5.93. The molecule has 1 fully saturated rings. The highest BCUT2D eigenvalue weighted by molar-refractivity contribution is 6.30. The molecule has 0 aliphatic carbocycles. The SMILES string of the molecule is O=C(CN1CCN(c2cccc(Cl)c2)C1=O)Nc1ccccc1C(F)(F)F. The van der Waals surface area contributed by atoms with Crippen LogP contribution < -0.4 is 10.2 Å². The van der Waals surface area contributed by atoms with Gasteiger partial charge in [0, 0.05) is 23.8 Å². The van der Waals surface area contributed by atoms with E-state index in [-0.39, 0.29) is 18.8 Å². The highest BCUT2D eigenvalue weighted by atomic mass is 35.5.